The van der Waals surface area contributed by atoms with Gasteiger partial charge >= 0.3 is 0 Å². The van der Waals surface area contributed by atoms with Gasteiger partial charge in [0.25, 0.3) is 0 Å². The summed E-state index contributed by atoms with van der Waals surface area (Å²) in [6.07, 6.45) is 8.52. The standard InChI is InChI=1S/C18H23N3/c1-13-17(10-19-18-7-8-18)11-20-21(13)12-14-5-6-15-3-2-4-16(15)9-14/h5-6,9,11,18-19H,2-4,7-8,10,12H2,1H3. The lowest BCUT2D eigenvalue weighted by Gasteiger charge is -2.08. The van der Waals surface area contributed by atoms with Gasteiger partial charge in [-0.3, -0.25) is 4.68 Å². The van der Waals surface area contributed by atoms with Crippen LogP contribution in [0.1, 0.15) is 47.2 Å². The van der Waals surface area contributed by atoms with Crippen molar-refractivity contribution in [1.29, 1.82) is 0 Å². The van der Waals surface area contributed by atoms with Gasteiger partial charge in [-0.25, -0.2) is 0 Å². The van der Waals surface area contributed by atoms with Crippen LogP contribution in [0.5, 0.6) is 0 Å². The smallest absolute Gasteiger partial charge is 0.0662 e. The summed E-state index contributed by atoms with van der Waals surface area (Å²) >= 11 is 0. The van der Waals surface area contributed by atoms with Crippen molar-refractivity contribution in [2.45, 2.75) is 58.2 Å². The second kappa shape index (κ2) is 5.30. The van der Waals surface area contributed by atoms with Crippen LogP contribution >= 0.6 is 0 Å². The highest BCUT2D eigenvalue weighted by molar-refractivity contribution is 5.35. The number of rotatable bonds is 5. The molecule has 1 N–H and O–H groups in total. The zero-order chi connectivity index (χ0) is 14.2. The summed E-state index contributed by atoms with van der Waals surface area (Å²) in [4.78, 5) is 0. The van der Waals surface area contributed by atoms with Gasteiger partial charge in [-0.15, -0.1) is 0 Å². The predicted molar refractivity (Wildman–Crippen MR) is 84.4 cm³/mol. The Morgan fingerprint density at radius 1 is 1.24 bits per heavy atom. The molecule has 0 spiro atoms. The van der Waals surface area contributed by atoms with Gasteiger partial charge < -0.3 is 5.32 Å². The molecule has 0 amide bonds. The molecule has 0 atom stereocenters. The molecule has 1 aromatic carbocycles. The van der Waals surface area contributed by atoms with Crippen LogP contribution in [0.25, 0.3) is 0 Å². The van der Waals surface area contributed by atoms with Gasteiger partial charge in [0.2, 0.25) is 0 Å². The monoisotopic (exact) mass is 281 g/mol. The van der Waals surface area contributed by atoms with E-state index in [1.165, 1.54) is 48.9 Å². The maximum Gasteiger partial charge on any atom is 0.0662 e. The Hall–Kier alpha value is -1.61. The second-order valence-electron chi connectivity index (χ2n) is 6.52. The lowest BCUT2D eigenvalue weighted by atomic mass is 10.1. The average molecular weight is 281 g/mol. The van der Waals surface area contributed by atoms with Gasteiger partial charge in [0.15, 0.2) is 0 Å². The Morgan fingerprint density at radius 2 is 2.10 bits per heavy atom. The topological polar surface area (TPSA) is 29.9 Å². The van der Waals surface area contributed by atoms with E-state index in [1.807, 2.05) is 6.20 Å². The van der Waals surface area contributed by atoms with Crippen LogP contribution in [0, 0.1) is 6.92 Å². The van der Waals surface area contributed by atoms with Crippen LogP contribution < -0.4 is 5.32 Å². The highest BCUT2D eigenvalue weighted by Crippen LogP contribution is 2.24. The first-order chi connectivity index (χ1) is 10.3. The van der Waals surface area contributed by atoms with Gasteiger partial charge in [0, 0.05) is 23.8 Å². The van der Waals surface area contributed by atoms with Crippen molar-refractivity contribution in [1.82, 2.24) is 15.1 Å². The molecule has 2 aliphatic rings. The molecule has 4 rings (SSSR count). The Balaban J connectivity index is 1.48. The van der Waals surface area contributed by atoms with E-state index in [0.29, 0.717) is 0 Å². The number of fused-ring (bicyclic) bond motifs is 1. The Labute approximate surface area is 126 Å². The van der Waals surface area contributed by atoms with E-state index in [9.17, 15) is 0 Å². The molecule has 0 aliphatic heterocycles. The minimum atomic E-state index is 0.754. The summed E-state index contributed by atoms with van der Waals surface area (Å²) in [5, 5.41) is 8.15. The predicted octanol–water partition coefficient (Wildman–Crippen LogP) is 2.98. The molecule has 110 valence electrons. The van der Waals surface area contributed by atoms with Crippen molar-refractivity contribution in [3.63, 3.8) is 0 Å². The fourth-order valence-electron chi connectivity index (χ4n) is 3.26. The van der Waals surface area contributed by atoms with Crippen LogP contribution in [-0.2, 0) is 25.9 Å². The Morgan fingerprint density at radius 3 is 2.95 bits per heavy atom. The maximum atomic E-state index is 4.58. The van der Waals surface area contributed by atoms with E-state index in [2.05, 4.69) is 40.2 Å². The molecule has 0 bridgehead atoms. The number of benzene rings is 1. The lowest BCUT2D eigenvalue weighted by molar-refractivity contribution is 0.653. The summed E-state index contributed by atoms with van der Waals surface area (Å²) in [6.45, 7) is 4.04. The zero-order valence-corrected chi connectivity index (χ0v) is 12.7. The first-order valence-electron chi connectivity index (χ1n) is 8.15. The average Bonchev–Trinajstić information content (AvgIpc) is 3.10. The van der Waals surface area contributed by atoms with Gasteiger partial charge in [-0.05, 0) is 55.7 Å². The van der Waals surface area contributed by atoms with Crippen LogP contribution in [0.2, 0.25) is 0 Å². The first-order valence-corrected chi connectivity index (χ1v) is 8.15. The van der Waals surface area contributed by atoms with Crippen molar-refractivity contribution in [2.75, 3.05) is 0 Å². The molecule has 3 nitrogen and oxygen atoms in total. The van der Waals surface area contributed by atoms with Crippen LogP contribution in [-0.4, -0.2) is 15.8 Å². The van der Waals surface area contributed by atoms with E-state index in [1.54, 1.807) is 11.1 Å². The molecule has 3 heteroatoms. The minimum Gasteiger partial charge on any atom is -0.310 e. The van der Waals surface area contributed by atoms with E-state index in [4.69, 9.17) is 0 Å². The van der Waals surface area contributed by atoms with Crippen molar-refractivity contribution in [2.24, 2.45) is 0 Å². The summed E-state index contributed by atoms with van der Waals surface area (Å²) in [5.41, 5.74) is 7.11. The molecule has 0 radical (unpaired) electrons. The van der Waals surface area contributed by atoms with Crippen LogP contribution in [0.3, 0.4) is 0 Å². The summed E-state index contributed by atoms with van der Waals surface area (Å²) < 4.78 is 2.14. The number of aryl methyl sites for hydroxylation is 2. The third-order valence-electron chi connectivity index (χ3n) is 4.86. The van der Waals surface area contributed by atoms with Crippen LogP contribution in [0.15, 0.2) is 24.4 Å². The lowest BCUT2D eigenvalue weighted by Crippen LogP contribution is -2.16. The second-order valence-corrected chi connectivity index (χ2v) is 6.52. The number of nitrogens with zero attached hydrogens (tertiary/aromatic N) is 2. The molecule has 0 saturated heterocycles. The molecular formula is C18H23N3. The van der Waals surface area contributed by atoms with Gasteiger partial charge in [-0.2, -0.15) is 5.10 Å². The summed E-state index contributed by atoms with van der Waals surface area (Å²) in [6, 6.07) is 7.72. The number of aromatic nitrogens is 2. The molecule has 1 fully saturated rings. The fourth-order valence-corrected chi connectivity index (χ4v) is 3.26. The van der Waals surface area contributed by atoms with Crippen molar-refractivity contribution < 1.29 is 0 Å². The molecule has 0 unspecified atom stereocenters. The molecule has 2 aromatic rings. The maximum absolute atomic E-state index is 4.58. The molecule has 1 aromatic heterocycles. The molecule has 21 heavy (non-hydrogen) atoms. The molecule has 2 aliphatic carbocycles. The summed E-state index contributed by atoms with van der Waals surface area (Å²) in [7, 11) is 0. The van der Waals surface area contributed by atoms with Gasteiger partial charge in [0.05, 0.1) is 12.7 Å². The summed E-state index contributed by atoms with van der Waals surface area (Å²) in [5.74, 6) is 0. The van der Waals surface area contributed by atoms with E-state index in [-0.39, 0.29) is 0 Å². The van der Waals surface area contributed by atoms with E-state index in [0.717, 1.165) is 19.1 Å². The first kappa shape index (κ1) is 13.1. The van der Waals surface area contributed by atoms with Gasteiger partial charge in [-0.1, -0.05) is 18.2 Å². The number of hydrogen-bond donors (Lipinski definition) is 1. The van der Waals surface area contributed by atoms with Crippen molar-refractivity contribution in [3.05, 3.63) is 52.3 Å². The molecule has 1 saturated carbocycles. The van der Waals surface area contributed by atoms with Crippen molar-refractivity contribution >= 4 is 0 Å². The third kappa shape index (κ3) is 2.75. The largest absolute Gasteiger partial charge is 0.310 e. The zero-order valence-electron chi connectivity index (χ0n) is 12.7. The van der Waals surface area contributed by atoms with Crippen molar-refractivity contribution in [3.8, 4) is 0 Å². The molecule has 1 heterocycles. The highest BCUT2D eigenvalue weighted by atomic mass is 15.3. The Kier molecular flexibility index (Phi) is 3.30. The normalized spacial score (nSPS) is 17.2. The van der Waals surface area contributed by atoms with E-state index < -0.39 is 0 Å². The minimum absolute atomic E-state index is 0.754. The molecular weight excluding hydrogens is 258 g/mol. The Bertz CT molecular complexity index is 652. The SMILES string of the molecule is Cc1c(CNC2CC2)cnn1Cc1ccc2c(c1)CCC2. The third-order valence-corrected chi connectivity index (χ3v) is 4.86. The van der Waals surface area contributed by atoms with Gasteiger partial charge in [0.1, 0.15) is 0 Å². The van der Waals surface area contributed by atoms with E-state index >= 15 is 0 Å². The fraction of sp³-hybridized carbons (Fsp3) is 0.500. The quantitative estimate of drug-likeness (QED) is 0.913. The highest BCUT2D eigenvalue weighted by Gasteiger charge is 2.20. The number of hydrogen-bond acceptors (Lipinski definition) is 2. The van der Waals surface area contributed by atoms with Crippen LogP contribution in [0.4, 0.5) is 0 Å². The number of nitrogens with one attached hydrogen (secondary N) is 1.